The average Bonchev–Trinajstić information content (AvgIpc) is 2.34. The standard InChI is InChI=1S/C12H18ClNO2/c1-15-7-8-16-6-5-14-12-4-2-3-11(9-12)10-13/h2-4,9,14H,5-8,10H2,1H3. The Kier molecular flexibility index (Phi) is 6.97. The summed E-state index contributed by atoms with van der Waals surface area (Å²) >= 11 is 5.75. The molecule has 0 bridgehead atoms. The number of methoxy groups -OCH3 is 1. The van der Waals surface area contributed by atoms with Crippen LogP contribution in [0.1, 0.15) is 5.56 Å². The van der Waals surface area contributed by atoms with Crippen LogP contribution >= 0.6 is 11.6 Å². The number of rotatable bonds is 8. The Morgan fingerprint density at radius 1 is 1.25 bits per heavy atom. The zero-order valence-corrected chi connectivity index (χ0v) is 10.3. The van der Waals surface area contributed by atoms with Gasteiger partial charge < -0.3 is 14.8 Å². The van der Waals surface area contributed by atoms with E-state index in [1.807, 2.05) is 24.3 Å². The van der Waals surface area contributed by atoms with Crippen LogP contribution in [0.5, 0.6) is 0 Å². The van der Waals surface area contributed by atoms with E-state index in [0.29, 0.717) is 25.7 Å². The average molecular weight is 244 g/mol. The number of benzene rings is 1. The van der Waals surface area contributed by atoms with E-state index in [0.717, 1.165) is 17.8 Å². The van der Waals surface area contributed by atoms with Crippen molar-refractivity contribution >= 4 is 17.3 Å². The topological polar surface area (TPSA) is 30.5 Å². The number of alkyl halides is 1. The summed E-state index contributed by atoms with van der Waals surface area (Å²) < 4.78 is 10.2. The van der Waals surface area contributed by atoms with Gasteiger partial charge in [-0.2, -0.15) is 0 Å². The lowest BCUT2D eigenvalue weighted by molar-refractivity contribution is 0.0759. The van der Waals surface area contributed by atoms with Crippen molar-refractivity contribution in [3.8, 4) is 0 Å². The predicted molar refractivity (Wildman–Crippen MR) is 67.2 cm³/mol. The molecule has 0 spiro atoms. The number of nitrogens with one attached hydrogen (secondary N) is 1. The molecule has 0 fully saturated rings. The maximum atomic E-state index is 5.75. The van der Waals surface area contributed by atoms with Gasteiger partial charge in [0.2, 0.25) is 0 Å². The maximum Gasteiger partial charge on any atom is 0.0701 e. The Morgan fingerprint density at radius 2 is 2.12 bits per heavy atom. The highest BCUT2D eigenvalue weighted by Crippen LogP contribution is 2.11. The third-order valence-corrected chi connectivity index (χ3v) is 2.40. The Morgan fingerprint density at radius 3 is 2.88 bits per heavy atom. The first-order chi connectivity index (χ1) is 7.86. The SMILES string of the molecule is COCCOCCNc1cccc(CCl)c1. The van der Waals surface area contributed by atoms with Crippen LogP contribution in [0.3, 0.4) is 0 Å². The molecule has 0 aromatic heterocycles. The molecule has 1 aromatic carbocycles. The number of anilines is 1. The van der Waals surface area contributed by atoms with E-state index in [1.165, 1.54) is 0 Å². The monoisotopic (exact) mass is 243 g/mol. The quantitative estimate of drug-likeness (QED) is 0.562. The molecule has 0 saturated carbocycles. The number of hydrogen-bond acceptors (Lipinski definition) is 3. The fraction of sp³-hybridized carbons (Fsp3) is 0.500. The van der Waals surface area contributed by atoms with Crippen molar-refractivity contribution in [2.75, 3.05) is 38.8 Å². The normalized spacial score (nSPS) is 10.4. The summed E-state index contributed by atoms with van der Waals surface area (Å²) in [5.74, 6) is 0.542. The van der Waals surface area contributed by atoms with Crippen molar-refractivity contribution in [3.63, 3.8) is 0 Å². The van der Waals surface area contributed by atoms with Crippen molar-refractivity contribution in [2.24, 2.45) is 0 Å². The van der Waals surface area contributed by atoms with E-state index in [1.54, 1.807) is 7.11 Å². The van der Waals surface area contributed by atoms with Crippen molar-refractivity contribution in [1.82, 2.24) is 0 Å². The minimum atomic E-state index is 0.542. The van der Waals surface area contributed by atoms with Gasteiger partial charge in [-0.1, -0.05) is 12.1 Å². The molecule has 0 unspecified atom stereocenters. The summed E-state index contributed by atoms with van der Waals surface area (Å²) in [7, 11) is 1.67. The van der Waals surface area contributed by atoms with Gasteiger partial charge in [-0.05, 0) is 17.7 Å². The molecule has 0 amide bonds. The minimum absolute atomic E-state index is 0.542. The lowest BCUT2D eigenvalue weighted by atomic mass is 10.2. The molecule has 4 heteroatoms. The van der Waals surface area contributed by atoms with Gasteiger partial charge >= 0.3 is 0 Å². The van der Waals surface area contributed by atoms with Crippen LogP contribution in [-0.4, -0.2) is 33.5 Å². The third kappa shape index (κ3) is 5.35. The second-order valence-corrected chi connectivity index (χ2v) is 3.63. The first-order valence-electron chi connectivity index (χ1n) is 5.32. The van der Waals surface area contributed by atoms with Crippen molar-refractivity contribution < 1.29 is 9.47 Å². The third-order valence-electron chi connectivity index (χ3n) is 2.09. The van der Waals surface area contributed by atoms with Gasteiger partial charge in [0.25, 0.3) is 0 Å². The summed E-state index contributed by atoms with van der Waals surface area (Å²) in [4.78, 5) is 0. The van der Waals surface area contributed by atoms with E-state index in [-0.39, 0.29) is 0 Å². The van der Waals surface area contributed by atoms with Gasteiger partial charge in [-0.3, -0.25) is 0 Å². The van der Waals surface area contributed by atoms with Crippen LogP contribution in [0.2, 0.25) is 0 Å². The van der Waals surface area contributed by atoms with Crippen molar-refractivity contribution in [3.05, 3.63) is 29.8 Å². The second-order valence-electron chi connectivity index (χ2n) is 3.37. The van der Waals surface area contributed by atoms with Crippen molar-refractivity contribution in [1.29, 1.82) is 0 Å². The molecular weight excluding hydrogens is 226 g/mol. The predicted octanol–water partition coefficient (Wildman–Crippen LogP) is 2.50. The molecule has 0 radical (unpaired) electrons. The molecular formula is C12H18ClNO2. The molecule has 1 rings (SSSR count). The molecule has 0 aliphatic heterocycles. The van der Waals surface area contributed by atoms with Crippen LogP contribution in [-0.2, 0) is 15.4 Å². The number of hydrogen-bond donors (Lipinski definition) is 1. The Bertz CT molecular complexity index is 294. The fourth-order valence-corrected chi connectivity index (χ4v) is 1.44. The maximum absolute atomic E-state index is 5.75. The largest absolute Gasteiger partial charge is 0.383 e. The molecule has 0 saturated heterocycles. The van der Waals surface area contributed by atoms with Crippen LogP contribution < -0.4 is 5.32 Å². The van der Waals surface area contributed by atoms with E-state index in [2.05, 4.69) is 5.32 Å². The van der Waals surface area contributed by atoms with Crippen LogP contribution in [0.15, 0.2) is 24.3 Å². The van der Waals surface area contributed by atoms with Gasteiger partial charge in [0.15, 0.2) is 0 Å². The first kappa shape index (κ1) is 13.3. The van der Waals surface area contributed by atoms with Crippen LogP contribution in [0.4, 0.5) is 5.69 Å². The van der Waals surface area contributed by atoms with Gasteiger partial charge in [-0.25, -0.2) is 0 Å². The van der Waals surface area contributed by atoms with E-state index in [9.17, 15) is 0 Å². The molecule has 0 aliphatic rings. The lowest BCUT2D eigenvalue weighted by Crippen LogP contribution is -2.11. The molecule has 0 atom stereocenters. The Balaban J connectivity index is 2.16. The smallest absolute Gasteiger partial charge is 0.0701 e. The molecule has 3 nitrogen and oxygen atoms in total. The van der Waals surface area contributed by atoms with Crippen LogP contribution in [0.25, 0.3) is 0 Å². The highest BCUT2D eigenvalue weighted by Gasteiger charge is 1.94. The van der Waals surface area contributed by atoms with Gasteiger partial charge in [0.1, 0.15) is 0 Å². The highest BCUT2D eigenvalue weighted by molar-refractivity contribution is 6.17. The van der Waals surface area contributed by atoms with E-state index >= 15 is 0 Å². The summed E-state index contributed by atoms with van der Waals surface area (Å²) in [5, 5.41) is 3.27. The first-order valence-corrected chi connectivity index (χ1v) is 5.85. The molecule has 0 heterocycles. The van der Waals surface area contributed by atoms with E-state index < -0.39 is 0 Å². The summed E-state index contributed by atoms with van der Waals surface area (Å²) in [6.07, 6.45) is 0. The van der Waals surface area contributed by atoms with Gasteiger partial charge in [0, 0.05) is 25.2 Å². The molecule has 90 valence electrons. The lowest BCUT2D eigenvalue weighted by Gasteiger charge is -2.08. The summed E-state index contributed by atoms with van der Waals surface area (Å²) in [6.45, 7) is 2.74. The summed E-state index contributed by atoms with van der Waals surface area (Å²) in [6, 6.07) is 8.06. The molecule has 1 N–H and O–H groups in total. The number of halogens is 1. The van der Waals surface area contributed by atoms with Gasteiger partial charge in [0.05, 0.1) is 19.8 Å². The zero-order chi connectivity index (χ0) is 11.6. The van der Waals surface area contributed by atoms with Crippen molar-refractivity contribution in [2.45, 2.75) is 5.88 Å². The number of ether oxygens (including phenoxy) is 2. The molecule has 1 aromatic rings. The second kappa shape index (κ2) is 8.39. The Hall–Kier alpha value is -0.770. The van der Waals surface area contributed by atoms with Gasteiger partial charge in [-0.15, -0.1) is 11.6 Å². The van der Waals surface area contributed by atoms with Crippen LogP contribution in [0, 0.1) is 0 Å². The highest BCUT2D eigenvalue weighted by atomic mass is 35.5. The Labute approximate surface area is 102 Å². The van der Waals surface area contributed by atoms with E-state index in [4.69, 9.17) is 21.1 Å². The molecule has 0 aliphatic carbocycles. The minimum Gasteiger partial charge on any atom is -0.383 e. The fourth-order valence-electron chi connectivity index (χ4n) is 1.28. The zero-order valence-electron chi connectivity index (χ0n) is 9.54. The molecule has 16 heavy (non-hydrogen) atoms. The summed E-state index contributed by atoms with van der Waals surface area (Å²) in [5.41, 5.74) is 2.19.